The summed E-state index contributed by atoms with van der Waals surface area (Å²) in [6, 6.07) is 2.22. The monoisotopic (exact) mass is 357 g/mol. The van der Waals surface area contributed by atoms with E-state index in [1.807, 2.05) is 4.52 Å². The first-order chi connectivity index (χ1) is 12.6. The van der Waals surface area contributed by atoms with Crippen molar-refractivity contribution in [3.05, 3.63) is 18.1 Å². The quantitative estimate of drug-likeness (QED) is 0.830. The number of aromatic nitrogens is 4. The average Bonchev–Trinajstić information content (AvgIpc) is 3.12. The number of rotatable bonds is 4. The molecule has 2 fully saturated rings. The molecule has 0 saturated carbocycles. The summed E-state index contributed by atoms with van der Waals surface area (Å²) < 4.78 is 1.83. The zero-order valence-corrected chi connectivity index (χ0v) is 16.3. The highest BCUT2D eigenvalue weighted by Gasteiger charge is 2.25. The molecule has 0 radical (unpaired) electrons. The third-order valence-electron chi connectivity index (χ3n) is 5.93. The summed E-state index contributed by atoms with van der Waals surface area (Å²) >= 11 is 0. The van der Waals surface area contributed by atoms with Crippen molar-refractivity contribution in [2.75, 3.05) is 57.8 Å². The van der Waals surface area contributed by atoms with E-state index >= 15 is 0 Å². The number of likely N-dealkylation sites (N-methyl/N-ethyl adjacent to an activating group) is 1. The molecule has 142 valence electrons. The maximum absolute atomic E-state index is 4.64. The molecular formula is C19H31N7. The molecule has 0 aliphatic carbocycles. The zero-order valence-electron chi connectivity index (χ0n) is 16.3. The fraction of sp³-hybridized carbons (Fsp3) is 0.737. The second-order valence-electron chi connectivity index (χ2n) is 8.24. The van der Waals surface area contributed by atoms with Gasteiger partial charge in [0.15, 0.2) is 0 Å². The van der Waals surface area contributed by atoms with E-state index in [-0.39, 0.29) is 0 Å². The molecule has 0 amide bonds. The summed E-state index contributed by atoms with van der Waals surface area (Å²) in [7, 11) is 2.22. The van der Waals surface area contributed by atoms with Crippen LogP contribution in [-0.4, -0.2) is 82.5 Å². The number of anilines is 1. The maximum atomic E-state index is 4.64. The lowest BCUT2D eigenvalue weighted by Gasteiger charge is -2.38. The van der Waals surface area contributed by atoms with Crippen LogP contribution in [0.1, 0.15) is 38.3 Å². The molecule has 7 nitrogen and oxygen atoms in total. The molecule has 0 aromatic carbocycles. The Bertz CT molecular complexity index is 725. The van der Waals surface area contributed by atoms with Gasteiger partial charge in [0.1, 0.15) is 6.33 Å². The molecule has 0 unspecified atom stereocenters. The molecule has 2 aliphatic heterocycles. The highest BCUT2D eigenvalue weighted by Crippen LogP contribution is 2.28. The molecule has 0 bridgehead atoms. The van der Waals surface area contributed by atoms with Crippen LogP contribution >= 0.6 is 0 Å². The van der Waals surface area contributed by atoms with Crippen LogP contribution < -0.4 is 4.90 Å². The minimum absolute atomic E-state index is 0.398. The molecule has 7 heteroatoms. The predicted molar refractivity (Wildman–Crippen MR) is 104 cm³/mol. The fourth-order valence-corrected chi connectivity index (χ4v) is 4.10. The lowest BCUT2D eigenvalue weighted by atomic mass is 9.95. The average molecular weight is 358 g/mol. The van der Waals surface area contributed by atoms with Crippen LogP contribution in [0.25, 0.3) is 5.65 Å². The van der Waals surface area contributed by atoms with E-state index in [1.165, 1.54) is 51.3 Å². The minimum atomic E-state index is 0.398. The summed E-state index contributed by atoms with van der Waals surface area (Å²) in [6.07, 6.45) is 4.22. The highest BCUT2D eigenvalue weighted by molar-refractivity contribution is 5.68. The summed E-state index contributed by atoms with van der Waals surface area (Å²) in [4.78, 5) is 7.57. The largest absolute Gasteiger partial charge is 0.368 e. The van der Waals surface area contributed by atoms with Gasteiger partial charge in [0.2, 0.25) is 5.65 Å². The van der Waals surface area contributed by atoms with Crippen LogP contribution in [0.4, 0.5) is 5.69 Å². The third kappa shape index (κ3) is 3.69. The molecule has 4 heterocycles. The topological polar surface area (TPSA) is 52.8 Å². The number of hydrogen-bond acceptors (Lipinski definition) is 6. The third-order valence-corrected chi connectivity index (χ3v) is 5.93. The lowest BCUT2D eigenvalue weighted by molar-refractivity contribution is 0.129. The van der Waals surface area contributed by atoms with Crippen LogP contribution in [0.2, 0.25) is 0 Å². The van der Waals surface area contributed by atoms with Gasteiger partial charge in [-0.15, -0.1) is 10.2 Å². The smallest absolute Gasteiger partial charge is 0.200 e. The lowest BCUT2D eigenvalue weighted by Crippen LogP contribution is -2.47. The van der Waals surface area contributed by atoms with Gasteiger partial charge in [0, 0.05) is 45.8 Å². The molecular weight excluding hydrogens is 326 g/mol. The van der Waals surface area contributed by atoms with Crippen LogP contribution in [-0.2, 0) is 0 Å². The van der Waals surface area contributed by atoms with E-state index in [0.29, 0.717) is 5.92 Å². The Hall–Kier alpha value is -1.73. The SMILES string of the molecule is CC(C)c1cc(N2CCC(CN3CCN(C)CC3)CC2)c2nncn2n1. The van der Waals surface area contributed by atoms with Gasteiger partial charge in [0.05, 0.1) is 11.4 Å². The number of piperidine rings is 1. The van der Waals surface area contributed by atoms with E-state index in [4.69, 9.17) is 0 Å². The Morgan fingerprint density at radius 1 is 1.08 bits per heavy atom. The van der Waals surface area contributed by atoms with Gasteiger partial charge in [-0.05, 0) is 37.8 Å². The normalized spacial score (nSPS) is 21.2. The minimum Gasteiger partial charge on any atom is -0.368 e. The van der Waals surface area contributed by atoms with Crippen LogP contribution in [0.5, 0.6) is 0 Å². The fourth-order valence-electron chi connectivity index (χ4n) is 4.10. The molecule has 2 aromatic rings. The maximum Gasteiger partial charge on any atom is 0.200 e. The van der Waals surface area contributed by atoms with Crippen LogP contribution in [0.15, 0.2) is 12.4 Å². The molecule has 0 N–H and O–H groups in total. The van der Waals surface area contributed by atoms with Gasteiger partial charge < -0.3 is 14.7 Å². The first kappa shape index (κ1) is 17.7. The number of nitrogens with zero attached hydrogens (tertiary/aromatic N) is 7. The van der Waals surface area contributed by atoms with Gasteiger partial charge in [-0.25, -0.2) is 0 Å². The van der Waals surface area contributed by atoms with E-state index in [0.717, 1.165) is 30.3 Å². The second-order valence-corrected chi connectivity index (χ2v) is 8.24. The Balaban J connectivity index is 1.42. The van der Waals surface area contributed by atoms with E-state index in [2.05, 4.69) is 57.0 Å². The first-order valence-electron chi connectivity index (χ1n) is 9.97. The predicted octanol–water partition coefficient (Wildman–Crippen LogP) is 1.71. The van der Waals surface area contributed by atoms with Crippen molar-refractivity contribution in [1.82, 2.24) is 29.6 Å². The number of fused-ring (bicyclic) bond motifs is 1. The van der Waals surface area contributed by atoms with Gasteiger partial charge in [-0.2, -0.15) is 9.61 Å². The second kappa shape index (κ2) is 7.48. The molecule has 4 rings (SSSR count). The van der Waals surface area contributed by atoms with Gasteiger partial charge in [0.25, 0.3) is 0 Å². The Morgan fingerprint density at radius 3 is 2.50 bits per heavy atom. The standard InChI is InChI=1S/C19H31N7/c1-15(2)17-12-18(19-21-20-14-26(19)22-17)25-6-4-16(5-7-25)13-24-10-8-23(3)9-11-24/h12,14-16H,4-11,13H2,1-3H3. The van der Waals surface area contributed by atoms with Crippen molar-refractivity contribution >= 4 is 11.3 Å². The van der Waals surface area contributed by atoms with Gasteiger partial charge in [-0.3, -0.25) is 0 Å². The van der Waals surface area contributed by atoms with Crippen LogP contribution in [0.3, 0.4) is 0 Å². The van der Waals surface area contributed by atoms with E-state index in [9.17, 15) is 0 Å². The van der Waals surface area contributed by atoms with E-state index in [1.54, 1.807) is 6.33 Å². The van der Waals surface area contributed by atoms with Crippen molar-refractivity contribution in [2.45, 2.75) is 32.6 Å². The molecule has 26 heavy (non-hydrogen) atoms. The highest BCUT2D eigenvalue weighted by atomic mass is 15.4. The number of hydrogen-bond donors (Lipinski definition) is 0. The van der Waals surface area contributed by atoms with Crippen molar-refractivity contribution in [2.24, 2.45) is 5.92 Å². The van der Waals surface area contributed by atoms with Crippen molar-refractivity contribution in [3.8, 4) is 0 Å². The summed E-state index contributed by atoms with van der Waals surface area (Å²) in [5.41, 5.74) is 3.18. The van der Waals surface area contributed by atoms with Crippen molar-refractivity contribution in [3.63, 3.8) is 0 Å². The zero-order chi connectivity index (χ0) is 18.1. The first-order valence-corrected chi connectivity index (χ1v) is 9.97. The molecule has 2 saturated heterocycles. The summed E-state index contributed by atoms with van der Waals surface area (Å²) in [6.45, 7) is 12.7. The van der Waals surface area contributed by atoms with Crippen molar-refractivity contribution in [1.29, 1.82) is 0 Å². The van der Waals surface area contributed by atoms with Crippen molar-refractivity contribution < 1.29 is 0 Å². The Labute approximate surface area is 156 Å². The van der Waals surface area contributed by atoms with E-state index < -0.39 is 0 Å². The van der Waals surface area contributed by atoms with Gasteiger partial charge in [-0.1, -0.05) is 13.8 Å². The summed E-state index contributed by atoms with van der Waals surface area (Å²) in [5.74, 6) is 1.21. The molecule has 2 aliphatic rings. The van der Waals surface area contributed by atoms with Crippen LogP contribution in [0, 0.1) is 5.92 Å². The molecule has 2 aromatic heterocycles. The molecule has 0 spiro atoms. The molecule has 0 atom stereocenters. The Kier molecular flexibility index (Phi) is 5.09. The number of piperazine rings is 1. The summed E-state index contributed by atoms with van der Waals surface area (Å²) in [5, 5.41) is 13.0. The van der Waals surface area contributed by atoms with Gasteiger partial charge >= 0.3 is 0 Å². The Morgan fingerprint density at radius 2 is 1.81 bits per heavy atom.